The van der Waals surface area contributed by atoms with Gasteiger partial charge in [0, 0.05) is 12.8 Å². The van der Waals surface area contributed by atoms with Gasteiger partial charge in [-0.2, -0.15) is 0 Å². The van der Waals surface area contributed by atoms with Crippen molar-refractivity contribution in [2.45, 2.75) is 117 Å². The Bertz CT molecular complexity index is 308. The van der Waals surface area contributed by atoms with Crippen molar-refractivity contribution in [2.75, 3.05) is 10.7 Å². The highest BCUT2D eigenvalue weighted by Gasteiger charge is 2.01. The highest BCUT2D eigenvalue weighted by Crippen LogP contribution is 2.09. The van der Waals surface area contributed by atoms with Crippen LogP contribution >= 0.6 is 34.2 Å². The Balaban J connectivity index is 0. The van der Waals surface area contributed by atoms with Crippen LogP contribution in [0, 0.1) is 0 Å². The summed E-state index contributed by atoms with van der Waals surface area (Å²) in [6.45, 7) is 4.43. The van der Waals surface area contributed by atoms with Gasteiger partial charge in [0.1, 0.15) is 4.61 Å². The molecule has 6 heteroatoms. The van der Waals surface area contributed by atoms with Gasteiger partial charge < -0.3 is 9.47 Å². The summed E-state index contributed by atoms with van der Waals surface area (Å²) < 4.78 is 9.93. The van der Waals surface area contributed by atoms with E-state index in [1.165, 1.54) is 70.6 Å². The summed E-state index contributed by atoms with van der Waals surface area (Å²) in [6, 6.07) is -0.0185. The maximum Gasteiger partial charge on any atom is 0.306 e. The summed E-state index contributed by atoms with van der Waals surface area (Å²) in [6.07, 6.45) is 18.3. The van der Waals surface area contributed by atoms with Crippen LogP contribution in [0.15, 0.2) is 0 Å². The van der Waals surface area contributed by atoms with Gasteiger partial charge in [-0.1, -0.05) is 102 Å². The van der Waals surface area contributed by atoms with E-state index < -0.39 is 0 Å². The van der Waals surface area contributed by atoms with E-state index in [0.29, 0.717) is 17.5 Å². The molecule has 0 aromatic carbocycles. The van der Waals surface area contributed by atoms with Crippen molar-refractivity contribution in [1.29, 1.82) is 0 Å². The van der Waals surface area contributed by atoms with Crippen molar-refractivity contribution >= 4 is 46.1 Å². The van der Waals surface area contributed by atoms with E-state index >= 15 is 0 Å². The van der Waals surface area contributed by atoms with E-state index in [-0.39, 0.29) is 18.0 Å². The molecule has 0 radical (unpaired) electrons. The minimum absolute atomic E-state index is 0.0185. The Morgan fingerprint density at radius 3 is 1.36 bits per heavy atom. The molecular weight excluding hydrogens is 491 g/mol. The highest BCUT2D eigenvalue weighted by atomic mass is 127. The number of rotatable bonds is 18. The van der Waals surface area contributed by atoms with Crippen molar-refractivity contribution in [1.82, 2.24) is 0 Å². The molecule has 0 N–H and O–H groups in total. The summed E-state index contributed by atoms with van der Waals surface area (Å²) in [4.78, 5) is 21.8. The van der Waals surface area contributed by atoms with Gasteiger partial charge in [0.2, 0.25) is 0 Å². The van der Waals surface area contributed by atoms with Crippen molar-refractivity contribution in [2.24, 2.45) is 0 Å². The van der Waals surface area contributed by atoms with Crippen molar-refractivity contribution in [3.63, 3.8) is 0 Å². The van der Waals surface area contributed by atoms with Crippen LogP contribution in [0.5, 0.6) is 0 Å². The fraction of sp³-hybridized carbons (Fsp3) is 0.909. The Labute approximate surface area is 192 Å². The standard InChI is InChI=1S/C11H21ClO2.C11H21IO2/c2*1-2-3-4-5-6-7-8-9-11(13)14-10-12/h2*2-10H2,1H3. The smallest absolute Gasteiger partial charge is 0.306 e. The fourth-order valence-corrected chi connectivity index (χ4v) is 3.19. The summed E-state index contributed by atoms with van der Waals surface area (Å²) >= 11 is 7.29. The zero-order valence-electron chi connectivity index (χ0n) is 18.1. The molecule has 0 fully saturated rings. The number of ether oxygens (including phenoxy) is 2. The van der Waals surface area contributed by atoms with Crippen LogP contribution in [-0.4, -0.2) is 22.6 Å². The first-order valence-corrected chi connectivity index (χ1v) is 13.1. The van der Waals surface area contributed by atoms with E-state index in [9.17, 15) is 9.59 Å². The molecule has 0 saturated carbocycles. The van der Waals surface area contributed by atoms with Crippen LogP contribution < -0.4 is 0 Å². The van der Waals surface area contributed by atoms with E-state index in [2.05, 4.69) is 18.6 Å². The maximum absolute atomic E-state index is 11.0. The molecule has 168 valence electrons. The quantitative estimate of drug-likeness (QED) is 0.0778. The van der Waals surface area contributed by atoms with Crippen LogP contribution in [0.4, 0.5) is 0 Å². The van der Waals surface area contributed by atoms with Crippen LogP contribution in [0.25, 0.3) is 0 Å². The van der Waals surface area contributed by atoms with Gasteiger partial charge in [0.05, 0.1) is 0 Å². The molecular formula is C22H42ClIO4. The van der Waals surface area contributed by atoms with Crippen LogP contribution in [-0.2, 0) is 19.1 Å². The van der Waals surface area contributed by atoms with Crippen LogP contribution in [0.1, 0.15) is 117 Å². The van der Waals surface area contributed by atoms with E-state index in [1.54, 1.807) is 0 Å². The third-order valence-corrected chi connectivity index (χ3v) is 4.82. The molecule has 4 nitrogen and oxygen atoms in total. The van der Waals surface area contributed by atoms with Gasteiger partial charge >= 0.3 is 11.9 Å². The van der Waals surface area contributed by atoms with Gasteiger partial charge in [-0.3, -0.25) is 9.59 Å². The van der Waals surface area contributed by atoms with Gasteiger partial charge in [-0.25, -0.2) is 0 Å². The van der Waals surface area contributed by atoms with Crippen LogP contribution in [0.2, 0.25) is 0 Å². The zero-order chi connectivity index (χ0) is 21.3. The molecule has 0 amide bonds. The Hall–Kier alpha value is -0.0400. The normalized spacial score (nSPS) is 10.1. The SMILES string of the molecule is CCCCCCCCCC(=O)OCCl.CCCCCCCCCC(=O)OCI. The molecule has 0 aromatic heterocycles. The average molecular weight is 533 g/mol. The predicted molar refractivity (Wildman–Crippen MR) is 127 cm³/mol. The van der Waals surface area contributed by atoms with Gasteiger partial charge in [0.25, 0.3) is 0 Å². The molecule has 0 saturated heterocycles. The molecule has 0 atom stereocenters. The molecule has 0 aromatic rings. The van der Waals surface area contributed by atoms with Crippen molar-refractivity contribution in [3.8, 4) is 0 Å². The van der Waals surface area contributed by atoms with E-state index in [1.807, 2.05) is 22.6 Å². The molecule has 0 heterocycles. The number of esters is 2. The average Bonchev–Trinajstić information content (AvgIpc) is 2.67. The number of hydrogen-bond acceptors (Lipinski definition) is 4. The second-order valence-electron chi connectivity index (χ2n) is 6.99. The summed E-state index contributed by atoms with van der Waals surface area (Å²) in [5, 5.41) is 0. The van der Waals surface area contributed by atoms with Gasteiger partial charge in [-0.15, -0.1) is 0 Å². The van der Waals surface area contributed by atoms with Crippen LogP contribution in [0.3, 0.4) is 0 Å². The first kappa shape index (κ1) is 30.2. The van der Waals surface area contributed by atoms with E-state index in [4.69, 9.17) is 16.3 Å². The Morgan fingerprint density at radius 2 is 1.00 bits per heavy atom. The van der Waals surface area contributed by atoms with Gasteiger partial charge in [0.15, 0.2) is 6.07 Å². The molecule has 0 aliphatic rings. The first-order chi connectivity index (χ1) is 13.6. The third-order valence-electron chi connectivity index (χ3n) is 4.40. The summed E-state index contributed by atoms with van der Waals surface area (Å²) in [7, 11) is 0. The topological polar surface area (TPSA) is 52.6 Å². The fourth-order valence-electron chi connectivity index (χ4n) is 2.72. The highest BCUT2D eigenvalue weighted by molar-refractivity contribution is 14.1. The largest absolute Gasteiger partial charge is 0.455 e. The molecule has 0 aliphatic heterocycles. The lowest BCUT2D eigenvalue weighted by Gasteiger charge is -2.01. The minimum atomic E-state index is -0.173. The Morgan fingerprint density at radius 1 is 0.643 bits per heavy atom. The predicted octanol–water partition coefficient (Wildman–Crippen LogP) is 7.93. The minimum Gasteiger partial charge on any atom is -0.455 e. The zero-order valence-corrected chi connectivity index (χ0v) is 21.0. The van der Waals surface area contributed by atoms with Crippen molar-refractivity contribution < 1.29 is 19.1 Å². The molecule has 0 unspecified atom stereocenters. The first-order valence-electron chi connectivity index (χ1n) is 11.0. The third kappa shape index (κ3) is 28.2. The molecule has 0 spiro atoms. The lowest BCUT2D eigenvalue weighted by Crippen LogP contribution is -2.01. The number of alkyl halides is 2. The number of carbonyl (C=O) groups is 2. The Kier molecular flexibility index (Phi) is 29.0. The van der Waals surface area contributed by atoms with E-state index in [0.717, 1.165) is 19.3 Å². The molecule has 0 rings (SSSR count). The molecule has 0 bridgehead atoms. The number of unbranched alkanes of at least 4 members (excludes halogenated alkanes) is 12. The second kappa shape index (κ2) is 27.0. The maximum atomic E-state index is 11.0. The molecule has 28 heavy (non-hydrogen) atoms. The van der Waals surface area contributed by atoms with Crippen molar-refractivity contribution in [3.05, 3.63) is 0 Å². The number of carbonyl (C=O) groups excluding carboxylic acids is 2. The summed E-state index contributed by atoms with van der Waals surface area (Å²) in [5.41, 5.74) is 0. The lowest BCUT2D eigenvalue weighted by atomic mass is 10.1. The number of halogens is 2. The number of hydrogen-bond donors (Lipinski definition) is 0. The van der Waals surface area contributed by atoms with Gasteiger partial charge in [-0.05, 0) is 35.4 Å². The monoisotopic (exact) mass is 532 g/mol. The summed E-state index contributed by atoms with van der Waals surface area (Å²) in [5.74, 6) is -0.221. The second-order valence-corrected chi connectivity index (χ2v) is 7.83. The lowest BCUT2D eigenvalue weighted by molar-refractivity contribution is -0.142. The molecule has 0 aliphatic carbocycles.